The summed E-state index contributed by atoms with van der Waals surface area (Å²) in [6.07, 6.45) is 3.76. The van der Waals surface area contributed by atoms with Crippen LogP contribution in [0.5, 0.6) is 0 Å². The first-order valence-corrected chi connectivity index (χ1v) is 8.73. The molecule has 1 saturated heterocycles. The van der Waals surface area contributed by atoms with Crippen molar-refractivity contribution in [2.45, 2.75) is 19.8 Å². The van der Waals surface area contributed by atoms with Crippen molar-refractivity contribution in [2.75, 3.05) is 6.54 Å². The van der Waals surface area contributed by atoms with Crippen LogP contribution in [0.3, 0.4) is 0 Å². The van der Waals surface area contributed by atoms with E-state index in [9.17, 15) is 4.79 Å². The molecule has 1 aliphatic heterocycles. The Kier molecular flexibility index (Phi) is 4.47. The van der Waals surface area contributed by atoms with E-state index in [2.05, 4.69) is 12.2 Å². The molecule has 0 radical (unpaired) electrons. The van der Waals surface area contributed by atoms with Crippen molar-refractivity contribution in [2.24, 2.45) is 0 Å². The van der Waals surface area contributed by atoms with Crippen molar-refractivity contribution in [1.82, 2.24) is 10.2 Å². The van der Waals surface area contributed by atoms with Crippen molar-refractivity contribution in [3.8, 4) is 0 Å². The van der Waals surface area contributed by atoms with Crippen molar-refractivity contribution >= 4 is 62.3 Å². The molecule has 114 valence electrons. The Labute approximate surface area is 143 Å². The number of unbranched alkanes of at least 4 members (excludes halogenated alkanes) is 1. The maximum atomic E-state index is 12.4. The van der Waals surface area contributed by atoms with Gasteiger partial charge in [-0.25, -0.2) is 0 Å². The number of amides is 1. The summed E-state index contributed by atoms with van der Waals surface area (Å²) in [5, 5.41) is 5.17. The topological polar surface area (TPSA) is 32.3 Å². The molecule has 22 heavy (non-hydrogen) atoms. The highest BCUT2D eigenvalue weighted by molar-refractivity contribution is 7.80. The van der Waals surface area contributed by atoms with Crippen molar-refractivity contribution in [3.63, 3.8) is 0 Å². The number of carbonyl (C=O) groups is 1. The second-order valence-electron chi connectivity index (χ2n) is 5.07. The SMILES string of the molecule is CCCCN1C(=O)/C(=C/c2sc3ccccc3c2Cl)NC1=S. The number of halogens is 1. The minimum Gasteiger partial charge on any atom is -0.328 e. The number of thiophene rings is 1. The number of hydrogen-bond donors (Lipinski definition) is 1. The van der Waals surface area contributed by atoms with Gasteiger partial charge in [0.15, 0.2) is 5.11 Å². The van der Waals surface area contributed by atoms with E-state index in [0.717, 1.165) is 27.8 Å². The fourth-order valence-corrected chi connectivity index (χ4v) is 4.06. The summed E-state index contributed by atoms with van der Waals surface area (Å²) in [6.45, 7) is 2.74. The minimum absolute atomic E-state index is 0.0769. The molecule has 3 nitrogen and oxygen atoms in total. The normalized spacial score (nSPS) is 16.8. The number of benzene rings is 1. The summed E-state index contributed by atoms with van der Waals surface area (Å²) in [5.74, 6) is -0.0769. The summed E-state index contributed by atoms with van der Waals surface area (Å²) >= 11 is 13.2. The number of fused-ring (bicyclic) bond motifs is 1. The molecule has 0 atom stereocenters. The van der Waals surface area contributed by atoms with E-state index in [4.69, 9.17) is 23.8 Å². The van der Waals surface area contributed by atoms with Crippen molar-refractivity contribution < 1.29 is 4.79 Å². The van der Waals surface area contributed by atoms with E-state index in [0.29, 0.717) is 22.4 Å². The van der Waals surface area contributed by atoms with E-state index < -0.39 is 0 Å². The Morgan fingerprint density at radius 2 is 2.18 bits per heavy atom. The van der Waals surface area contributed by atoms with Gasteiger partial charge in [-0.15, -0.1) is 11.3 Å². The number of rotatable bonds is 4. The molecular formula is C16H15ClN2OS2. The molecule has 2 aromatic rings. The molecule has 2 heterocycles. The quantitative estimate of drug-likeness (QED) is 0.654. The molecule has 1 amide bonds. The zero-order chi connectivity index (χ0) is 15.7. The van der Waals surface area contributed by atoms with Gasteiger partial charge in [-0.1, -0.05) is 43.1 Å². The second-order valence-corrected chi connectivity index (χ2v) is 6.92. The van der Waals surface area contributed by atoms with E-state index in [1.165, 1.54) is 0 Å². The predicted molar refractivity (Wildman–Crippen MR) is 97.2 cm³/mol. The van der Waals surface area contributed by atoms with Crippen LogP contribution >= 0.6 is 35.2 Å². The van der Waals surface area contributed by atoms with Gasteiger partial charge in [0.25, 0.3) is 5.91 Å². The lowest BCUT2D eigenvalue weighted by Crippen LogP contribution is -2.31. The number of nitrogens with zero attached hydrogens (tertiary/aromatic N) is 1. The molecule has 1 aromatic carbocycles. The highest BCUT2D eigenvalue weighted by Gasteiger charge is 2.30. The van der Waals surface area contributed by atoms with E-state index in [-0.39, 0.29) is 5.91 Å². The number of thiocarbonyl (C=S) groups is 1. The van der Waals surface area contributed by atoms with Gasteiger partial charge in [0.2, 0.25) is 0 Å². The first-order chi connectivity index (χ1) is 10.6. The van der Waals surface area contributed by atoms with E-state index in [1.807, 2.05) is 24.3 Å². The smallest absolute Gasteiger partial charge is 0.276 e. The van der Waals surface area contributed by atoms with Crippen LogP contribution in [0.2, 0.25) is 5.02 Å². The van der Waals surface area contributed by atoms with Crippen molar-refractivity contribution in [3.05, 3.63) is 39.9 Å². The summed E-state index contributed by atoms with van der Waals surface area (Å²) < 4.78 is 1.11. The second kappa shape index (κ2) is 6.36. The Hall–Kier alpha value is -1.43. The summed E-state index contributed by atoms with van der Waals surface area (Å²) in [7, 11) is 0. The first-order valence-electron chi connectivity index (χ1n) is 7.13. The van der Waals surface area contributed by atoms with Crippen LogP contribution < -0.4 is 5.32 Å². The molecular weight excluding hydrogens is 336 g/mol. The minimum atomic E-state index is -0.0769. The van der Waals surface area contributed by atoms with Crippen LogP contribution in [0.4, 0.5) is 0 Å². The van der Waals surface area contributed by atoms with Gasteiger partial charge in [-0.3, -0.25) is 9.69 Å². The van der Waals surface area contributed by atoms with E-state index in [1.54, 1.807) is 22.3 Å². The van der Waals surface area contributed by atoms with Gasteiger partial charge in [0, 0.05) is 21.5 Å². The third kappa shape index (κ3) is 2.76. The van der Waals surface area contributed by atoms with Crippen LogP contribution in [-0.2, 0) is 4.79 Å². The number of nitrogens with one attached hydrogen (secondary N) is 1. The molecule has 0 saturated carbocycles. The molecule has 1 N–H and O–H groups in total. The van der Waals surface area contributed by atoms with Crippen LogP contribution in [0.1, 0.15) is 24.6 Å². The summed E-state index contributed by atoms with van der Waals surface area (Å²) in [4.78, 5) is 14.9. The third-order valence-corrected chi connectivity index (χ3v) is 5.49. The van der Waals surface area contributed by atoms with Gasteiger partial charge in [-0.2, -0.15) is 0 Å². The Balaban J connectivity index is 1.93. The van der Waals surface area contributed by atoms with Gasteiger partial charge in [0.1, 0.15) is 5.70 Å². The molecule has 1 aliphatic rings. The van der Waals surface area contributed by atoms with Crippen LogP contribution in [0.15, 0.2) is 30.0 Å². The Morgan fingerprint density at radius 1 is 1.41 bits per heavy atom. The predicted octanol–water partition coefficient (Wildman–Crippen LogP) is 4.41. The molecule has 1 fully saturated rings. The zero-order valence-corrected chi connectivity index (χ0v) is 14.4. The monoisotopic (exact) mass is 350 g/mol. The maximum Gasteiger partial charge on any atom is 0.276 e. The molecule has 1 aromatic heterocycles. The van der Waals surface area contributed by atoms with Gasteiger partial charge < -0.3 is 5.32 Å². The average Bonchev–Trinajstić information content (AvgIpc) is 2.96. The fraction of sp³-hybridized carbons (Fsp3) is 0.250. The fourth-order valence-electron chi connectivity index (χ4n) is 2.35. The maximum absolute atomic E-state index is 12.4. The number of hydrogen-bond acceptors (Lipinski definition) is 3. The molecule has 0 spiro atoms. The van der Waals surface area contributed by atoms with Crippen LogP contribution in [-0.4, -0.2) is 22.5 Å². The van der Waals surface area contributed by atoms with Crippen LogP contribution in [0.25, 0.3) is 16.2 Å². The van der Waals surface area contributed by atoms with E-state index >= 15 is 0 Å². The average molecular weight is 351 g/mol. The largest absolute Gasteiger partial charge is 0.328 e. The lowest BCUT2D eigenvalue weighted by atomic mass is 10.2. The molecule has 0 unspecified atom stereocenters. The first kappa shape index (κ1) is 15.5. The zero-order valence-electron chi connectivity index (χ0n) is 12.1. The lowest BCUT2D eigenvalue weighted by Gasteiger charge is -2.12. The third-order valence-electron chi connectivity index (χ3n) is 3.53. The summed E-state index contributed by atoms with van der Waals surface area (Å²) in [6, 6.07) is 7.94. The Bertz CT molecular complexity index is 782. The molecule has 0 aliphatic carbocycles. The van der Waals surface area contributed by atoms with Gasteiger partial charge in [0.05, 0.1) is 5.02 Å². The van der Waals surface area contributed by atoms with Gasteiger partial charge >= 0.3 is 0 Å². The van der Waals surface area contributed by atoms with Gasteiger partial charge in [-0.05, 0) is 30.8 Å². The number of carbonyl (C=O) groups excluding carboxylic acids is 1. The Morgan fingerprint density at radius 3 is 2.91 bits per heavy atom. The van der Waals surface area contributed by atoms with Crippen molar-refractivity contribution in [1.29, 1.82) is 0 Å². The molecule has 3 rings (SSSR count). The molecule has 6 heteroatoms. The standard InChI is InChI=1S/C16H15ClN2OS2/c1-2-3-8-19-15(20)11(18-16(19)21)9-13-14(17)10-6-4-5-7-12(10)22-13/h4-7,9H,2-3,8H2,1H3,(H,18,21)/b11-9-. The summed E-state index contributed by atoms with van der Waals surface area (Å²) in [5.41, 5.74) is 0.495. The molecule has 0 bridgehead atoms. The highest BCUT2D eigenvalue weighted by Crippen LogP contribution is 2.36. The lowest BCUT2D eigenvalue weighted by molar-refractivity contribution is -0.122. The van der Waals surface area contributed by atoms with Crippen LogP contribution in [0, 0.1) is 0 Å². The highest BCUT2D eigenvalue weighted by atomic mass is 35.5.